The maximum atomic E-state index is 12.9. The zero-order chi connectivity index (χ0) is 12.5. The SMILES string of the molecule is Nc1cc(F)ccc1Oc1nc2ccccc2s1. The quantitative estimate of drug-likeness (QED) is 0.713. The number of nitrogens with zero attached hydrogens (tertiary/aromatic N) is 1. The molecule has 5 heteroatoms. The maximum absolute atomic E-state index is 12.9. The maximum Gasteiger partial charge on any atom is 0.279 e. The molecule has 3 aromatic rings. The number of fused-ring (bicyclic) bond motifs is 1. The van der Waals surface area contributed by atoms with E-state index in [1.54, 1.807) is 0 Å². The third-order valence-corrected chi connectivity index (χ3v) is 3.36. The summed E-state index contributed by atoms with van der Waals surface area (Å²) in [6, 6.07) is 11.8. The van der Waals surface area contributed by atoms with Crippen LogP contribution in [0.3, 0.4) is 0 Å². The van der Waals surface area contributed by atoms with Gasteiger partial charge in [0.2, 0.25) is 0 Å². The van der Waals surface area contributed by atoms with E-state index >= 15 is 0 Å². The second-order valence-electron chi connectivity index (χ2n) is 3.73. The number of thiazole rings is 1. The topological polar surface area (TPSA) is 48.1 Å². The first-order valence-corrected chi connectivity index (χ1v) is 6.12. The highest BCUT2D eigenvalue weighted by atomic mass is 32.1. The number of para-hydroxylation sites is 1. The Morgan fingerprint density at radius 2 is 2.00 bits per heavy atom. The van der Waals surface area contributed by atoms with Crippen LogP contribution < -0.4 is 10.5 Å². The van der Waals surface area contributed by atoms with Gasteiger partial charge in [-0.05, 0) is 24.3 Å². The Morgan fingerprint density at radius 3 is 2.78 bits per heavy atom. The Bertz CT molecular complexity index is 678. The normalized spacial score (nSPS) is 10.7. The Morgan fingerprint density at radius 1 is 1.17 bits per heavy atom. The van der Waals surface area contributed by atoms with Crippen molar-refractivity contribution >= 4 is 27.2 Å². The molecule has 0 aliphatic rings. The number of ether oxygens (including phenoxy) is 1. The molecular weight excluding hydrogens is 251 g/mol. The molecule has 0 atom stereocenters. The lowest BCUT2D eigenvalue weighted by atomic mass is 10.3. The summed E-state index contributed by atoms with van der Waals surface area (Å²) in [5, 5.41) is 0.495. The average molecular weight is 260 g/mol. The molecule has 90 valence electrons. The summed E-state index contributed by atoms with van der Waals surface area (Å²) in [4.78, 5) is 4.32. The third-order valence-electron chi connectivity index (χ3n) is 2.44. The van der Waals surface area contributed by atoms with E-state index in [0.717, 1.165) is 10.2 Å². The second-order valence-corrected chi connectivity index (χ2v) is 4.72. The molecule has 2 N–H and O–H groups in total. The molecule has 1 aromatic heterocycles. The highest BCUT2D eigenvalue weighted by molar-refractivity contribution is 7.20. The average Bonchev–Trinajstić information content (AvgIpc) is 2.75. The minimum atomic E-state index is -0.385. The van der Waals surface area contributed by atoms with Gasteiger partial charge >= 0.3 is 0 Å². The molecule has 0 aliphatic heterocycles. The summed E-state index contributed by atoms with van der Waals surface area (Å²) >= 11 is 1.42. The first kappa shape index (κ1) is 11.0. The molecule has 18 heavy (non-hydrogen) atoms. The molecule has 0 bridgehead atoms. The lowest BCUT2D eigenvalue weighted by Gasteiger charge is -2.04. The summed E-state index contributed by atoms with van der Waals surface area (Å²) in [5.74, 6) is 0.0274. The van der Waals surface area contributed by atoms with Gasteiger partial charge in [-0.1, -0.05) is 23.5 Å². The number of nitrogen functional groups attached to an aromatic ring is 1. The van der Waals surface area contributed by atoms with Crippen molar-refractivity contribution in [3.05, 3.63) is 48.3 Å². The number of benzene rings is 2. The van der Waals surface area contributed by atoms with E-state index < -0.39 is 0 Å². The summed E-state index contributed by atoms with van der Waals surface area (Å²) < 4.78 is 19.5. The van der Waals surface area contributed by atoms with E-state index in [4.69, 9.17) is 10.5 Å². The van der Waals surface area contributed by atoms with Crippen molar-refractivity contribution in [2.45, 2.75) is 0 Å². The number of nitrogens with two attached hydrogens (primary N) is 1. The van der Waals surface area contributed by atoms with Crippen molar-refractivity contribution in [3.63, 3.8) is 0 Å². The zero-order valence-electron chi connectivity index (χ0n) is 9.26. The standard InChI is InChI=1S/C13H9FN2OS/c14-8-5-6-11(9(15)7-8)17-13-16-10-3-1-2-4-12(10)18-13/h1-7H,15H2. The van der Waals surface area contributed by atoms with Crippen molar-refractivity contribution in [2.24, 2.45) is 0 Å². The zero-order valence-corrected chi connectivity index (χ0v) is 10.1. The molecule has 3 nitrogen and oxygen atoms in total. The Balaban J connectivity index is 1.96. The number of hydrogen-bond donors (Lipinski definition) is 1. The van der Waals surface area contributed by atoms with Gasteiger partial charge in [-0.25, -0.2) is 9.37 Å². The van der Waals surface area contributed by atoms with Crippen LogP contribution in [0.5, 0.6) is 10.9 Å². The molecule has 3 rings (SSSR count). The van der Waals surface area contributed by atoms with Crippen molar-refractivity contribution in [1.29, 1.82) is 0 Å². The van der Waals surface area contributed by atoms with Gasteiger partial charge in [-0.15, -0.1) is 0 Å². The van der Waals surface area contributed by atoms with Gasteiger partial charge in [0.1, 0.15) is 5.82 Å². The van der Waals surface area contributed by atoms with Crippen LogP contribution in [0.4, 0.5) is 10.1 Å². The lowest BCUT2D eigenvalue weighted by Crippen LogP contribution is -1.92. The van der Waals surface area contributed by atoms with Crippen LogP contribution in [-0.4, -0.2) is 4.98 Å². The van der Waals surface area contributed by atoms with Gasteiger partial charge in [0.05, 0.1) is 15.9 Å². The number of hydrogen-bond acceptors (Lipinski definition) is 4. The lowest BCUT2D eigenvalue weighted by molar-refractivity contribution is 0.480. The Hall–Kier alpha value is -2.14. The fourth-order valence-corrected chi connectivity index (χ4v) is 2.43. The first-order chi connectivity index (χ1) is 8.72. The summed E-state index contributed by atoms with van der Waals surface area (Å²) in [6.45, 7) is 0. The van der Waals surface area contributed by atoms with Crippen LogP contribution in [0.15, 0.2) is 42.5 Å². The number of rotatable bonds is 2. The van der Waals surface area contributed by atoms with Crippen LogP contribution >= 0.6 is 11.3 Å². The molecule has 0 unspecified atom stereocenters. The Labute approximate surface area is 107 Å². The predicted molar refractivity (Wildman–Crippen MR) is 70.5 cm³/mol. The monoisotopic (exact) mass is 260 g/mol. The van der Waals surface area contributed by atoms with Crippen LogP contribution in [0.25, 0.3) is 10.2 Å². The highest BCUT2D eigenvalue weighted by Crippen LogP contribution is 2.33. The van der Waals surface area contributed by atoms with Crippen molar-refractivity contribution in [2.75, 3.05) is 5.73 Å². The predicted octanol–water partition coefficient (Wildman–Crippen LogP) is 3.81. The van der Waals surface area contributed by atoms with Crippen LogP contribution in [0.1, 0.15) is 0 Å². The Kier molecular flexibility index (Phi) is 2.60. The molecule has 0 fully saturated rings. The fraction of sp³-hybridized carbons (Fsp3) is 0. The summed E-state index contributed by atoms with van der Waals surface area (Å²) in [6.07, 6.45) is 0. The molecule has 0 aliphatic carbocycles. The number of halogens is 1. The van der Waals surface area contributed by atoms with Crippen LogP contribution in [-0.2, 0) is 0 Å². The highest BCUT2D eigenvalue weighted by Gasteiger charge is 2.08. The van der Waals surface area contributed by atoms with Crippen LogP contribution in [0, 0.1) is 5.82 Å². The van der Waals surface area contributed by atoms with E-state index in [9.17, 15) is 4.39 Å². The molecule has 0 saturated carbocycles. The molecule has 0 saturated heterocycles. The first-order valence-electron chi connectivity index (χ1n) is 5.31. The molecule has 0 amide bonds. The molecular formula is C13H9FN2OS. The van der Waals surface area contributed by atoms with Crippen molar-refractivity contribution in [3.8, 4) is 10.9 Å². The smallest absolute Gasteiger partial charge is 0.279 e. The number of aromatic nitrogens is 1. The van der Waals surface area contributed by atoms with Gasteiger partial charge in [-0.3, -0.25) is 0 Å². The second kappa shape index (κ2) is 4.27. The van der Waals surface area contributed by atoms with E-state index in [-0.39, 0.29) is 11.5 Å². The van der Waals surface area contributed by atoms with Crippen LogP contribution in [0.2, 0.25) is 0 Å². The molecule has 0 spiro atoms. The third kappa shape index (κ3) is 2.00. The fourth-order valence-electron chi connectivity index (χ4n) is 1.60. The van der Waals surface area contributed by atoms with Crippen molar-refractivity contribution < 1.29 is 9.13 Å². The van der Waals surface area contributed by atoms with Gasteiger partial charge < -0.3 is 10.5 Å². The van der Waals surface area contributed by atoms with E-state index in [2.05, 4.69) is 4.98 Å². The molecule has 0 radical (unpaired) electrons. The minimum Gasteiger partial charge on any atom is -0.429 e. The van der Waals surface area contributed by atoms with Gasteiger partial charge in [-0.2, -0.15) is 0 Å². The van der Waals surface area contributed by atoms with Gasteiger partial charge in [0, 0.05) is 6.07 Å². The molecule has 1 heterocycles. The largest absolute Gasteiger partial charge is 0.429 e. The summed E-state index contributed by atoms with van der Waals surface area (Å²) in [7, 11) is 0. The number of anilines is 1. The van der Waals surface area contributed by atoms with Crippen molar-refractivity contribution in [1.82, 2.24) is 4.98 Å². The van der Waals surface area contributed by atoms with E-state index in [1.807, 2.05) is 24.3 Å². The van der Waals surface area contributed by atoms with Gasteiger partial charge in [0.25, 0.3) is 5.19 Å². The van der Waals surface area contributed by atoms with E-state index in [0.29, 0.717) is 10.9 Å². The van der Waals surface area contributed by atoms with Gasteiger partial charge in [0.15, 0.2) is 5.75 Å². The minimum absolute atomic E-state index is 0.259. The van der Waals surface area contributed by atoms with E-state index in [1.165, 1.54) is 29.5 Å². The molecule has 2 aromatic carbocycles. The summed E-state index contributed by atoms with van der Waals surface area (Å²) in [5.41, 5.74) is 6.81.